The molecule has 1 unspecified atom stereocenters. The van der Waals surface area contributed by atoms with Crippen LogP contribution in [0, 0.1) is 5.92 Å². The zero-order valence-electron chi connectivity index (χ0n) is 24.7. The van der Waals surface area contributed by atoms with Crippen LogP contribution in [-0.2, 0) is 38.2 Å². The average molecular weight is 616 g/mol. The lowest BCUT2D eigenvalue weighted by molar-refractivity contribution is -0.137. The van der Waals surface area contributed by atoms with Gasteiger partial charge < -0.3 is 30.1 Å². The van der Waals surface area contributed by atoms with Gasteiger partial charge in [-0.15, -0.1) is 0 Å². The summed E-state index contributed by atoms with van der Waals surface area (Å²) in [6.07, 6.45) is 7.35. The summed E-state index contributed by atoms with van der Waals surface area (Å²) in [6, 6.07) is 6.71. The molecule has 2 rings (SSSR count). The van der Waals surface area contributed by atoms with E-state index in [0.29, 0.717) is 95.8 Å². The lowest BCUT2D eigenvalue weighted by Crippen LogP contribution is -2.30. The first kappa shape index (κ1) is 35.9. The number of aldehydes is 1. The number of rotatable bonds is 24. The Morgan fingerprint density at radius 1 is 0.886 bits per heavy atom. The maximum atomic E-state index is 12.3. The summed E-state index contributed by atoms with van der Waals surface area (Å²) in [5, 5.41) is 6.70. The Morgan fingerprint density at radius 2 is 1.52 bits per heavy atom. The summed E-state index contributed by atoms with van der Waals surface area (Å²) in [7, 11) is 0. The number of nitrogens with zero attached hydrogens (tertiary/aromatic N) is 2. The highest BCUT2D eigenvalue weighted by Crippen LogP contribution is 2.08. The number of carbonyl (C=O) groups excluding carboxylic acids is 6. The van der Waals surface area contributed by atoms with Crippen LogP contribution in [0.25, 0.3) is 0 Å². The molecule has 0 fully saturated rings. The van der Waals surface area contributed by atoms with Crippen LogP contribution in [0.2, 0.25) is 0 Å². The molecular formula is C30H41N5O9. The van der Waals surface area contributed by atoms with E-state index in [0.717, 1.165) is 0 Å². The second kappa shape index (κ2) is 21.4. The van der Waals surface area contributed by atoms with E-state index in [2.05, 4.69) is 15.8 Å². The van der Waals surface area contributed by atoms with Crippen molar-refractivity contribution in [2.75, 3.05) is 52.7 Å². The maximum Gasteiger partial charge on any atom is 0.253 e. The summed E-state index contributed by atoms with van der Waals surface area (Å²) in [6.45, 7) is 2.71. The number of hydrogen-bond acceptors (Lipinski definition) is 10. The van der Waals surface area contributed by atoms with Crippen LogP contribution in [0.4, 0.5) is 0 Å². The highest BCUT2D eigenvalue weighted by Gasteiger charge is 2.22. The summed E-state index contributed by atoms with van der Waals surface area (Å²) in [4.78, 5) is 70.1. The average Bonchev–Trinajstić information content (AvgIpc) is 3.33. The molecule has 1 atom stereocenters. The van der Waals surface area contributed by atoms with Gasteiger partial charge in [-0.1, -0.05) is 18.6 Å². The number of benzene rings is 1. The molecule has 0 aromatic heterocycles. The molecule has 1 aromatic rings. The predicted molar refractivity (Wildman–Crippen MR) is 159 cm³/mol. The normalized spacial score (nSPS) is 13.4. The molecule has 1 aromatic carbocycles. The second-order valence-corrected chi connectivity index (χ2v) is 9.77. The van der Waals surface area contributed by atoms with Crippen LogP contribution in [0.5, 0.6) is 0 Å². The van der Waals surface area contributed by atoms with E-state index in [1.165, 1.54) is 23.3 Å². The molecule has 240 valence electrons. The molecule has 5 amide bonds. The Balaban J connectivity index is 1.46. The maximum absolute atomic E-state index is 12.3. The number of nitrogens with two attached hydrogens (primary N) is 1. The molecule has 0 spiro atoms. The zero-order chi connectivity index (χ0) is 32.0. The standard InChI is InChI=1S/C30H41N5O9/c31-29(40)24(11-15-36)12-16-42-18-20-44-21-19-43-17-13-32-30(41)25-7-5-23(6-8-25)22-33-34-26(37)4-2-1-3-14-35-27(38)9-10-28(35)39/h5-10,15,22,24H,1-4,11-14,16-21H2,(H2,31,40)(H,32,41)(H,34,37)/b33-22+. The third-order valence-corrected chi connectivity index (χ3v) is 6.43. The van der Waals surface area contributed by atoms with Crippen LogP contribution >= 0.6 is 0 Å². The summed E-state index contributed by atoms with van der Waals surface area (Å²) >= 11 is 0. The van der Waals surface area contributed by atoms with E-state index in [9.17, 15) is 28.8 Å². The van der Waals surface area contributed by atoms with Gasteiger partial charge >= 0.3 is 0 Å². The number of imide groups is 1. The van der Waals surface area contributed by atoms with Crippen LogP contribution < -0.4 is 16.5 Å². The fraction of sp³-hybridized carbons (Fsp3) is 0.500. The molecule has 14 nitrogen and oxygen atoms in total. The van der Waals surface area contributed by atoms with Crippen LogP contribution in [-0.4, -0.2) is 99.7 Å². The largest absolute Gasteiger partial charge is 0.379 e. The summed E-state index contributed by atoms with van der Waals surface area (Å²) in [5.41, 5.74) is 8.85. The minimum absolute atomic E-state index is 0.0942. The van der Waals surface area contributed by atoms with Gasteiger partial charge in [-0.2, -0.15) is 5.10 Å². The second-order valence-electron chi connectivity index (χ2n) is 9.77. The Labute approximate surface area is 256 Å². The first-order chi connectivity index (χ1) is 21.3. The molecule has 0 saturated heterocycles. The van der Waals surface area contributed by atoms with Crippen molar-refractivity contribution in [3.8, 4) is 0 Å². The molecule has 0 saturated carbocycles. The zero-order valence-corrected chi connectivity index (χ0v) is 24.7. The van der Waals surface area contributed by atoms with Crippen LogP contribution in [0.15, 0.2) is 41.5 Å². The minimum Gasteiger partial charge on any atom is -0.379 e. The highest BCUT2D eigenvalue weighted by atomic mass is 16.5. The molecule has 4 N–H and O–H groups in total. The quantitative estimate of drug-likeness (QED) is 0.0487. The van der Waals surface area contributed by atoms with Crippen molar-refractivity contribution in [1.29, 1.82) is 0 Å². The minimum atomic E-state index is -0.512. The lowest BCUT2D eigenvalue weighted by Gasteiger charge is -2.12. The van der Waals surface area contributed by atoms with E-state index in [4.69, 9.17) is 19.9 Å². The number of hydrogen-bond donors (Lipinski definition) is 3. The molecule has 0 aliphatic carbocycles. The first-order valence-corrected chi connectivity index (χ1v) is 14.5. The number of amides is 5. The monoisotopic (exact) mass is 615 g/mol. The number of ether oxygens (including phenoxy) is 3. The molecule has 0 radical (unpaired) electrons. The Hall–Kier alpha value is -4.27. The number of carbonyl (C=O) groups is 6. The SMILES string of the molecule is NC(=O)C(CC=O)CCOCCOCCOCCNC(=O)c1ccc(/C=N/NC(=O)CCCCCN2C(=O)C=CC2=O)cc1. The highest BCUT2D eigenvalue weighted by molar-refractivity contribution is 6.12. The van der Waals surface area contributed by atoms with Crippen LogP contribution in [0.3, 0.4) is 0 Å². The Bertz CT molecular complexity index is 1140. The van der Waals surface area contributed by atoms with Gasteiger partial charge in [0.15, 0.2) is 0 Å². The first-order valence-electron chi connectivity index (χ1n) is 14.5. The van der Waals surface area contributed by atoms with Gasteiger partial charge in [-0.05, 0) is 37.0 Å². The van der Waals surface area contributed by atoms with E-state index >= 15 is 0 Å². The van der Waals surface area contributed by atoms with Crippen molar-refractivity contribution in [3.05, 3.63) is 47.5 Å². The topological polar surface area (TPSA) is 196 Å². The summed E-state index contributed by atoms with van der Waals surface area (Å²) < 4.78 is 16.2. The van der Waals surface area contributed by atoms with E-state index in [-0.39, 0.29) is 36.5 Å². The molecule has 14 heteroatoms. The lowest BCUT2D eigenvalue weighted by atomic mass is 10.0. The van der Waals surface area contributed by atoms with Crippen molar-refractivity contribution >= 4 is 42.0 Å². The Kier molecular flexibility index (Phi) is 17.5. The number of unbranched alkanes of at least 4 members (excludes halogenated alkanes) is 2. The number of primary amides is 1. The van der Waals surface area contributed by atoms with E-state index in [1.807, 2.05) is 0 Å². The van der Waals surface area contributed by atoms with Gasteiger partial charge in [0.25, 0.3) is 17.7 Å². The van der Waals surface area contributed by atoms with Gasteiger partial charge in [0.1, 0.15) is 6.29 Å². The molecule has 1 aliphatic rings. The van der Waals surface area contributed by atoms with Gasteiger partial charge in [0.2, 0.25) is 11.8 Å². The molecular weight excluding hydrogens is 574 g/mol. The van der Waals surface area contributed by atoms with Crippen LogP contribution in [0.1, 0.15) is 54.4 Å². The van der Waals surface area contributed by atoms with Gasteiger partial charge in [0, 0.05) is 56.2 Å². The summed E-state index contributed by atoms with van der Waals surface area (Å²) in [5.74, 6) is -2.12. The number of hydrazone groups is 1. The van der Waals surface area contributed by atoms with E-state index < -0.39 is 11.8 Å². The molecule has 44 heavy (non-hydrogen) atoms. The van der Waals surface area contributed by atoms with Gasteiger partial charge in [-0.3, -0.25) is 28.9 Å². The van der Waals surface area contributed by atoms with E-state index in [1.54, 1.807) is 24.3 Å². The predicted octanol–water partition coefficient (Wildman–Crippen LogP) is 0.482. The molecule has 1 aliphatic heterocycles. The van der Waals surface area contributed by atoms with Crippen molar-refractivity contribution in [2.45, 2.75) is 38.5 Å². The molecule has 1 heterocycles. The van der Waals surface area contributed by atoms with Crippen molar-refractivity contribution in [2.24, 2.45) is 16.8 Å². The Morgan fingerprint density at radius 3 is 2.16 bits per heavy atom. The van der Waals surface area contributed by atoms with Crippen molar-refractivity contribution in [1.82, 2.24) is 15.6 Å². The fourth-order valence-electron chi connectivity index (χ4n) is 3.94. The third-order valence-electron chi connectivity index (χ3n) is 6.43. The van der Waals surface area contributed by atoms with Crippen molar-refractivity contribution in [3.63, 3.8) is 0 Å². The van der Waals surface area contributed by atoms with Crippen molar-refractivity contribution < 1.29 is 43.0 Å². The van der Waals surface area contributed by atoms with Gasteiger partial charge in [-0.25, -0.2) is 5.43 Å². The third kappa shape index (κ3) is 14.8. The molecule has 0 bridgehead atoms. The number of nitrogens with one attached hydrogen (secondary N) is 2. The van der Waals surface area contributed by atoms with Gasteiger partial charge in [0.05, 0.1) is 39.2 Å². The fourth-order valence-corrected chi connectivity index (χ4v) is 3.94. The smallest absolute Gasteiger partial charge is 0.253 e.